The first-order valence-electron chi connectivity index (χ1n) is 9.01. The Balaban J connectivity index is 1.88. The molecule has 2 aromatic carbocycles. The van der Waals surface area contributed by atoms with Crippen LogP contribution in [-0.2, 0) is 16.1 Å². The number of hydrogen-bond donors (Lipinski definition) is 1. The summed E-state index contributed by atoms with van der Waals surface area (Å²) in [6, 6.07) is 11.4. The van der Waals surface area contributed by atoms with E-state index in [4.69, 9.17) is 4.84 Å². The van der Waals surface area contributed by atoms with Gasteiger partial charge in [-0.25, -0.2) is 4.39 Å². The van der Waals surface area contributed by atoms with Gasteiger partial charge in [-0.2, -0.15) is 8.78 Å². The Morgan fingerprint density at radius 3 is 2.59 bits per heavy atom. The molecule has 2 aromatic rings. The second-order valence-electron chi connectivity index (χ2n) is 6.61. The van der Waals surface area contributed by atoms with Crippen molar-refractivity contribution in [1.29, 1.82) is 0 Å². The van der Waals surface area contributed by atoms with Crippen molar-refractivity contribution in [2.75, 3.05) is 6.61 Å². The third kappa shape index (κ3) is 6.19. The molecule has 0 saturated heterocycles. The van der Waals surface area contributed by atoms with Crippen LogP contribution in [0.2, 0.25) is 0 Å². The number of amidine groups is 1. The predicted octanol–water partition coefficient (Wildman–Crippen LogP) is 3.37. The molecule has 0 bridgehead atoms. The number of nitrogens with zero attached hydrogens (tertiary/aromatic N) is 1. The van der Waals surface area contributed by atoms with Crippen molar-refractivity contribution in [2.45, 2.75) is 25.9 Å². The number of halogens is 3. The van der Waals surface area contributed by atoms with Crippen LogP contribution in [0.5, 0.6) is 5.75 Å². The minimum Gasteiger partial charge on any atom is -0.434 e. The maximum atomic E-state index is 14.8. The zero-order valence-electron chi connectivity index (χ0n) is 15.4. The quantitative estimate of drug-likeness (QED) is 0.306. The van der Waals surface area contributed by atoms with Crippen LogP contribution in [-0.4, -0.2) is 25.0 Å². The maximum Gasteiger partial charge on any atom is 0.387 e. The van der Waals surface area contributed by atoms with Crippen molar-refractivity contribution in [1.82, 2.24) is 5.32 Å². The summed E-state index contributed by atoms with van der Waals surface area (Å²) in [7, 11) is 2.16. The van der Waals surface area contributed by atoms with Gasteiger partial charge in [-0.05, 0) is 36.5 Å². The van der Waals surface area contributed by atoms with Crippen LogP contribution in [0, 0.1) is 11.7 Å². The minimum atomic E-state index is -3.17. The summed E-state index contributed by atoms with van der Waals surface area (Å²) in [5.41, 5.74) is 0.336. The summed E-state index contributed by atoms with van der Waals surface area (Å²) in [5.74, 6) is -1.76. The van der Waals surface area contributed by atoms with Gasteiger partial charge in [0.1, 0.15) is 18.2 Å². The molecule has 5 nitrogen and oxygen atoms in total. The second kappa shape index (κ2) is 9.74. The van der Waals surface area contributed by atoms with Crippen molar-refractivity contribution in [3.8, 4) is 5.75 Å². The van der Waals surface area contributed by atoms with Gasteiger partial charge in [0.2, 0.25) is 5.91 Å². The Bertz CT molecular complexity index is 890. The van der Waals surface area contributed by atoms with Crippen molar-refractivity contribution in [3.63, 3.8) is 0 Å². The zero-order valence-corrected chi connectivity index (χ0v) is 16.6. The number of hydrogen-bond acceptors (Lipinski definition) is 4. The summed E-state index contributed by atoms with van der Waals surface area (Å²) >= 11 is 0. The molecule has 1 N–H and O–H groups in total. The first-order chi connectivity index (χ1) is 13.9. The van der Waals surface area contributed by atoms with E-state index in [2.05, 4.69) is 24.4 Å². The van der Waals surface area contributed by atoms with Crippen LogP contribution in [0.3, 0.4) is 0 Å². The van der Waals surface area contributed by atoms with E-state index in [9.17, 15) is 18.0 Å². The first kappa shape index (κ1) is 21.1. The van der Waals surface area contributed by atoms with E-state index in [1.54, 1.807) is 24.3 Å². The summed E-state index contributed by atoms with van der Waals surface area (Å²) < 4.78 is 44.8. The van der Waals surface area contributed by atoms with Gasteiger partial charge in [0.15, 0.2) is 5.84 Å². The fourth-order valence-electron chi connectivity index (χ4n) is 2.57. The lowest BCUT2D eigenvalue weighted by molar-refractivity contribution is -0.119. The van der Waals surface area contributed by atoms with Crippen molar-refractivity contribution in [3.05, 3.63) is 59.4 Å². The number of carbonyl (C=O) groups excluding carboxylic acids is 1. The molecule has 1 amide bonds. The lowest BCUT2D eigenvalue weighted by Crippen LogP contribution is -2.34. The normalized spacial score (nSPS) is 14.0. The number of ether oxygens (including phenoxy) is 1. The van der Waals surface area contributed by atoms with Crippen molar-refractivity contribution in [2.24, 2.45) is 11.1 Å². The average Bonchev–Trinajstić information content (AvgIpc) is 3.49. The number of nitrogens with one attached hydrogen (secondary N) is 1. The van der Waals surface area contributed by atoms with E-state index in [1.807, 2.05) is 6.07 Å². The lowest BCUT2D eigenvalue weighted by atomic mass is 10.1. The molecule has 9 heteroatoms. The molecule has 1 aliphatic carbocycles. The van der Waals surface area contributed by atoms with Crippen LogP contribution >= 0.6 is 9.24 Å². The first-order valence-corrected chi connectivity index (χ1v) is 9.58. The summed E-state index contributed by atoms with van der Waals surface area (Å²) in [6.45, 7) is -2.87. The van der Waals surface area contributed by atoms with Crippen LogP contribution in [0.15, 0.2) is 47.6 Å². The zero-order chi connectivity index (χ0) is 20.8. The van der Waals surface area contributed by atoms with E-state index in [0.29, 0.717) is 12.5 Å². The highest BCUT2D eigenvalue weighted by atomic mass is 31.0. The third-order valence-corrected chi connectivity index (χ3v) is 4.66. The largest absolute Gasteiger partial charge is 0.434 e. The number of rotatable bonds is 8. The minimum absolute atomic E-state index is 0.00426. The molecule has 1 unspecified atom stereocenters. The van der Waals surface area contributed by atoms with E-state index < -0.39 is 29.6 Å². The SMILES string of the molecule is O=C(Cc1ccccc1)N/C(=N\OCC1CC1)c1c(OC(F)F)ccc(P)c1F. The van der Waals surface area contributed by atoms with Crippen molar-refractivity contribution < 1.29 is 27.5 Å². The summed E-state index contributed by atoms with van der Waals surface area (Å²) in [5, 5.41) is 6.41. The van der Waals surface area contributed by atoms with Crippen LogP contribution < -0.4 is 15.4 Å². The Labute approximate surface area is 168 Å². The van der Waals surface area contributed by atoms with Crippen LogP contribution in [0.25, 0.3) is 0 Å². The van der Waals surface area contributed by atoms with Gasteiger partial charge in [0.05, 0.1) is 12.0 Å². The number of amides is 1. The highest BCUT2D eigenvalue weighted by Crippen LogP contribution is 2.29. The summed E-state index contributed by atoms with van der Waals surface area (Å²) in [4.78, 5) is 17.7. The third-order valence-electron chi connectivity index (χ3n) is 4.21. The van der Waals surface area contributed by atoms with Gasteiger partial charge in [-0.3, -0.25) is 4.79 Å². The lowest BCUT2D eigenvalue weighted by Gasteiger charge is -2.15. The summed E-state index contributed by atoms with van der Waals surface area (Å²) in [6.07, 6.45) is 2.00. The van der Waals surface area contributed by atoms with Crippen LogP contribution in [0.1, 0.15) is 24.0 Å². The Morgan fingerprint density at radius 2 is 1.93 bits per heavy atom. The Kier molecular flexibility index (Phi) is 7.09. The molecule has 1 aliphatic rings. The molecular formula is C20H20F3N2O3P. The highest BCUT2D eigenvalue weighted by molar-refractivity contribution is 7.27. The van der Waals surface area contributed by atoms with E-state index in [0.717, 1.165) is 18.4 Å². The van der Waals surface area contributed by atoms with E-state index >= 15 is 0 Å². The second-order valence-corrected chi connectivity index (χ2v) is 7.23. The highest BCUT2D eigenvalue weighted by Gasteiger charge is 2.25. The molecule has 1 fully saturated rings. The molecule has 1 atom stereocenters. The van der Waals surface area contributed by atoms with Gasteiger partial charge in [-0.1, -0.05) is 35.5 Å². The van der Waals surface area contributed by atoms with Gasteiger partial charge in [0.25, 0.3) is 0 Å². The number of benzene rings is 2. The van der Waals surface area contributed by atoms with Gasteiger partial charge in [-0.15, -0.1) is 9.24 Å². The molecule has 29 heavy (non-hydrogen) atoms. The molecule has 3 rings (SSSR count). The molecule has 0 heterocycles. The van der Waals surface area contributed by atoms with Gasteiger partial charge >= 0.3 is 6.61 Å². The standard InChI is InChI=1S/C20H20F3N2O3P/c21-18-15(29)9-8-14(28-20(22)23)17(18)19(25-27-11-13-6-7-13)24-16(26)10-12-4-2-1-3-5-12/h1-5,8-9,13,20H,6-7,10-11,29H2,(H,24,25,26). The molecule has 0 aromatic heterocycles. The molecule has 0 radical (unpaired) electrons. The Hall–Kier alpha value is -2.60. The topological polar surface area (TPSA) is 59.9 Å². The Morgan fingerprint density at radius 1 is 1.21 bits per heavy atom. The fraction of sp³-hybridized carbons (Fsp3) is 0.300. The van der Waals surface area contributed by atoms with Gasteiger partial charge < -0.3 is 14.9 Å². The smallest absolute Gasteiger partial charge is 0.387 e. The van der Waals surface area contributed by atoms with E-state index in [1.165, 1.54) is 12.1 Å². The van der Waals surface area contributed by atoms with Crippen LogP contribution in [0.4, 0.5) is 13.2 Å². The molecular weight excluding hydrogens is 404 g/mol. The van der Waals surface area contributed by atoms with Gasteiger partial charge in [0, 0.05) is 5.30 Å². The molecule has 0 aliphatic heterocycles. The van der Waals surface area contributed by atoms with E-state index in [-0.39, 0.29) is 17.6 Å². The number of oxime groups is 1. The predicted molar refractivity (Wildman–Crippen MR) is 106 cm³/mol. The average molecular weight is 424 g/mol. The monoisotopic (exact) mass is 424 g/mol. The number of carbonyl (C=O) groups is 1. The maximum absolute atomic E-state index is 14.8. The fourth-order valence-corrected chi connectivity index (χ4v) is 2.81. The van der Waals surface area contributed by atoms with Crippen molar-refractivity contribution >= 4 is 26.3 Å². The molecule has 154 valence electrons. The molecule has 1 saturated carbocycles. The number of alkyl halides is 2. The molecule has 0 spiro atoms.